The lowest BCUT2D eigenvalue weighted by Gasteiger charge is -2.16. The molecule has 0 aromatic heterocycles. The van der Waals surface area contributed by atoms with Crippen molar-refractivity contribution >= 4 is 14.0 Å². The molecule has 0 heterocycles. The first kappa shape index (κ1) is 12.6. The van der Waals surface area contributed by atoms with Gasteiger partial charge in [-0.3, -0.25) is 0 Å². The third kappa shape index (κ3) is 6.74. The number of aliphatic hydroxyl groups is 1. The molecule has 1 N–H and O–H groups in total. The van der Waals surface area contributed by atoms with Crippen molar-refractivity contribution in [3.63, 3.8) is 0 Å². The van der Waals surface area contributed by atoms with Crippen LogP contribution in [0.4, 0.5) is 0 Å². The average molecular weight is 206 g/mol. The molecule has 0 fully saturated rings. The molecule has 0 rings (SSSR count). The fourth-order valence-electron chi connectivity index (χ4n) is 0.646. The maximum absolute atomic E-state index is 10.7. The fourth-order valence-corrected chi connectivity index (χ4v) is 1.38. The first-order valence-electron chi connectivity index (χ1n) is 4.24. The van der Waals surface area contributed by atoms with Gasteiger partial charge in [-0.25, -0.2) is 4.79 Å². The Morgan fingerprint density at radius 1 is 1.46 bits per heavy atom. The lowest BCUT2D eigenvalue weighted by atomic mass is 10.6. The second-order valence-electron chi connectivity index (χ2n) is 4.06. The van der Waals surface area contributed by atoms with E-state index in [-0.39, 0.29) is 0 Å². The Hall–Kier alpha value is -0.393. The third-order valence-corrected chi connectivity index (χ3v) is 3.23. The van der Waals surface area contributed by atoms with Crippen molar-refractivity contribution in [1.29, 1.82) is 0 Å². The van der Waals surface area contributed by atoms with E-state index in [1.165, 1.54) is 7.11 Å². The molecule has 0 saturated heterocycles. The van der Waals surface area contributed by atoms with E-state index in [1.807, 2.05) is 0 Å². The first-order chi connectivity index (χ1) is 5.87. The van der Waals surface area contributed by atoms with Gasteiger partial charge in [0.15, 0.2) is 0 Å². The van der Waals surface area contributed by atoms with Crippen LogP contribution in [0.25, 0.3) is 0 Å². The van der Waals surface area contributed by atoms with Crippen LogP contribution < -0.4 is 0 Å². The maximum Gasteiger partial charge on any atom is 0.363 e. The Bertz CT molecular complexity index is 164. The smallest absolute Gasteiger partial charge is 0.363 e. The van der Waals surface area contributed by atoms with Crippen LogP contribution in [-0.4, -0.2) is 39.2 Å². The summed E-state index contributed by atoms with van der Waals surface area (Å²) in [5, 5.41) is 9.03. The van der Waals surface area contributed by atoms with Crippen LogP contribution >= 0.6 is 0 Å². The Morgan fingerprint density at radius 3 is 2.38 bits per heavy atom. The van der Waals surface area contributed by atoms with Crippen molar-refractivity contribution < 1.29 is 19.4 Å². The van der Waals surface area contributed by atoms with Gasteiger partial charge < -0.3 is 14.6 Å². The standard InChI is InChI=1S/C8H18O4Si/c1-11-7(9)8(10)12-5-6-13(2,3)4/h8,10H,5-6H2,1-4H3. The van der Waals surface area contributed by atoms with Crippen molar-refractivity contribution in [1.82, 2.24) is 0 Å². The minimum Gasteiger partial charge on any atom is -0.465 e. The highest BCUT2D eigenvalue weighted by molar-refractivity contribution is 6.76. The van der Waals surface area contributed by atoms with Crippen LogP contribution in [0.3, 0.4) is 0 Å². The zero-order valence-corrected chi connectivity index (χ0v) is 9.66. The highest BCUT2D eigenvalue weighted by Gasteiger charge is 2.18. The van der Waals surface area contributed by atoms with Crippen molar-refractivity contribution in [2.24, 2.45) is 0 Å². The second kappa shape index (κ2) is 5.36. The van der Waals surface area contributed by atoms with Gasteiger partial charge in [0, 0.05) is 14.7 Å². The largest absolute Gasteiger partial charge is 0.465 e. The topological polar surface area (TPSA) is 55.8 Å². The van der Waals surface area contributed by atoms with E-state index < -0.39 is 20.3 Å². The Balaban J connectivity index is 3.59. The predicted molar refractivity (Wildman–Crippen MR) is 52.1 cm³/mol. The molecule has 0 aromatic rings. The Kier molecular flexibility index (Phi) is 5.20. The molecule has 0 spiro atoms. The molecule has 1 atom stereocenters. The molecular formula is C8H18O4Si. The normalized spacial score (nSPS) is 13.9. The molecule has 13 heavy (non-hydrogen) atoms. The van der Waals surface area contributed by atoms with Gasteiger partial charge in [0.25, 0.3) is 6.29 Å². The summed E-state index contributed by atoms with van der Waals surface area (Å²) in [5.74, 6) is -0.740. The van der Waals surface area contributed by atoms with E-state index in [9.17, 15) is 4.79 Å². The van der Waals surface area contributed by atoms with Crippen molar-refractivity contribution in [2.75, 3.05) is 13.7 Å². The SMILES string of the molecule is COC(=O)C(O)OCC[Si](C)(C)C. The quantitative estimate of drug-likeness (QED) is 0.411. The van der Waals surface area contributed by atoms with Gasteiger partial charge in [-0.2, -0.15) is 0 Å². The summed E-state index contributed by atoms with van der Waals surface area (Å²) in [5.41, 5.74) is 0. The first-order valence-corrected chi connectivity index (χ1v) is 7.95. The Labute approximate surface area is 79.9 Å². The lowest BCUT2D eigenvalue weighted by Crippen LogP contribution is -2.28. The molecule has 0 amide bonds. The number of carbonyl (C=O) groups is 1. The van der Waals surface area contributed by atoms with E-state index in [2.05, 4.69) is 24.4 Å². The zero-order valence-electron chi connectivity index (χ0n) is 8.66. The summed E-state index contributed by atoms with van der Waals surface area (Å²) in [6, 6.07) is 0.918. The molecule has 78 valence electrons. The molecule has 4 nitrogen and oxygen atoms in total. The van der Waals surface area contributed by atoms with Gasteiger partial charge in [-0.1, -0.05) is 19.6 Å². The molecular weight excluding hydrogens is 188 g/mol. The number of methoxy groups -OCH3 is 1. The van der Waals surface area contributed by atoms with Crippen LogP contribution in [0.1, 0.15) is 0 Å². The third-order valence-electron chi connectivity index (χ3n) is 1.53. The number of hydrogen-bond acceptors (Lipinski definition) is 4. The van der Waals surface area contributed by atoms with E-state index >= 15 is 0 Å². The molecule has 0 aliphatic heterocycles. The zero-order chi connectivity index (χ0) is 10.5. The number of aliphatic hydroxyl groups excluding tert-OH is 1. The van der Waals surface area contributed by atoms with Crippen LogP contribution in [0.2, 0.25) is 25.7 Å². The van der Waals surface area contributed by atoms with Crippen LogP contribution in [0.5, 0.6) is 0 Å². The van der Waals surface area contributed by atoms with E-state index in [1.54, 1.807) is 0 Å². The second-order valence-corrected chi connectivity index (χ2v) is 9.68. The number of carbonyl (C=O) groups excluding carboxylic acids is 1. The highest BCUT2D eigenvalue weighted by atomic mass is 28.3. The predicted octanol–water partition coefficient (Wildman–Crippen LogP) is 0.833. The minimum atomic E-state index is -1.43. The molecule has 0 radical (unpaired) electrons. The fraction of sp³-hybridized carbons (Fsp3) is 0.875. The lowest BCUT2D eigenvalue weighted by molar-refractivity contribution is -0.179. The van der Waals surface area contributed by atoms with Gasteiger partial charge in [-0.15, -0.1) is 0 Å². The average Bonchev–Trinajstić information content (AvgIpc) is 2.00. The Morgan fingerprint density at radius 2 is 2.00 bits per heavy atom. The maximum atomic E-state index is 10.7. The summed E-state index contributed by atoms with van der Waals surface area (Å²) >= 11 is 0. The molecule has 0 aliphatic carbocycles. The summed E-state index contributed by atoms with van der Waals surface area (Å²) in [6.45, 7) is 6.99. The van der Waals surface area contributed by atoms with E-state index in [0.29, 0.717) is 6.61 Å². The van der Waals surface area contributed by atoms with Gasteiger partial charge in [0.2, 0.25) is 0 Å². The van der Waals surface area contributed by atoms with Crippen LogP contribution in [0.15, 0.2) is 0 Å². The number of rotatable bonds is 5. The van der Waals surface area contributed by atoms with Gasteiger partial charge >= 0.3 is 5.97 Å². The molecule has 0 aromatic carbocycles. The highest BCUT2D eigenvalue weighted by Crippen LogP contribution is 2.08. The van der Waals surface area contributed by atoms with Gasteiger partial charge in [0.05, 0.1) is 7.11 Å². The minimum absolute atomic E-state index is 0.409. The van der Waals surface area contributed by atoms with E-state index in [4.69, 9.17) is 9.84 Å². The molecule has 1 unspecified atom stereocenters. The molecule has 0 aliphatic rings. The van der Waals surface area contributed by atoms with E-state index in [0.717, 1.165) is 6.04 Å². The number of ether oxygens (including phenoxy) is 2. The summed E-state index contributed by atoms with van der Waals surface area (Å²) < 4.78 is 9.18. The van der Waals surface area contributed by atoms with Gasteiger partial charge in [-0.05, 0) is 6.04 Å². The molecule has 5 heteroatoms. The summed E-state index contributed by atoms with van der Waals surface area (Å²) in [6.07, 6.45) is -1.43. The molecule has 0 bridgehead atoms. The molecule has 0 saturated carbocycles. The van der Waals surface area contributed by atoms with Crippen molar-refractivity contribution in [3.05, 3.63) is 0 Å². The monoisotopic (exact) mass is 206 g/mol. The van der Waals surface area contributed by atoms with Crippen molar-refractivity contribution in [2.45, 2.75) is 32.0 Å². The van der Waals surface area contributed by atoms with Crippen LogP contribution in [0, 0.1) is 0 Å². The summed E-state index contributed by atoms with van der Waals surface area (Å²) in [4.78, 5) is 10.7. The summed E-state index contributed by atoms with van der Waals surface area (Å²) in [7, 11) is 0.0585. The number of hydrogen-bond donors (Lipinski definition) is 1. The van der Waals surface area contributed by atoms with Crippen LogP contribution in [-0.2, 0) is 14.3 Å². The van der Waals surface area contributed by atoms with Gasteiger partial charge in [0.1, 0.15) is 0 Å². The van der Waals surface area contributed by atoms with Crippen molar-refractivity contribution in [3.8, 4) is 0 Å². The number of esters is 1.